The van der Waals surface area contributed by atoms with Gasteiger partial charge in [0.2, 0.25) is 0 Å². The average molecular weight is 274 g/mol. The summed E-state index contributed by atoms with van der Waals surface area (Å²) in [6.07, 6.45) is 4.04. The molecule has 2 N–H and O–H groups in total. The molecule has 6 heteroatoms. The van der Waals surface area contributed by atoms with Gasteiger partial charge < -0.3 is 5.11 Å². The molecule has 0 aromatic carbocycles. The molecule has 0 aliphatic carbocycles. The van der Waals surface area contributed by atoms with E-state index < -0.39 is 5.97 Å². The van der Waals surface area contributed by atoms with Crippen LogP contribution in [0.25, 0.3) is 11.0 Å². The molecular weight excluding hydrogens is 256 g/mol. The van der Waals surface area contributed by atoms with E-state index >= 15 is 0 Å². The molecule has 3 rings (SSSR count). The third-order valence-electron chi connectivity index (χ3n) is 3.85. The number of hydrogen-bond acceptors (Lipinski definition) is 4. The Bertz CT molecular complexity index is 637. The number of fused-ring (bicyclic) bond motifs is 1. The molecule has 20 heavy (non-hydrogen) atoms. The average Bonchev–Trinajstić information content (AvgIpc) is 2.87. The maximum absolute atomic E-state index is 11.2. The number of nitrogens with zero attached hydrogens (tertiary/aromatic N) is 3. The van der Waals surface area contributed by atoms with Crippen LogP contribution in [0.3, 0.4) is 0 Å². The van der Waals surface area contributed by atoms with Crippen molar-refractivity contribution in [2.75, 3.05) is 13.1 Å². The van der Waals surface area contributed by atoms with Gasteiger partial charge in [-0.15, -0.1) is 0 Å². The van der Waals surface area contributed by atoms with Crippen molar-refractivity contribution in [2.45, 2.75) is 26.3 Å². The first kappa shape index (κ1) is 13.1. The predicted molar refractivity (Wildman–Crippen MR) is 74.5 cm³/mol. The van der Waals surface area contributed by atoms with E-state index in [1.807, 2.05) is 0 Å². The molecule has 0 amide bonds. The normalized spacial score (nSPS) is 20.4. The number of aromatic amines is 1. The van der Waals surface area contributed by atoms with Crippen LogP contribution in [0, 0.1) is 5.92 Å². The van der Waals surface area contributed by atoms with Gasteiger partial charge in [0.25, 0.3) is 0 Å². The molecule has 1 aliphatic rings. The third-order valence-corrected chi connectivity index (χ3v) is 3.85. The molecule has 1 fully saturated rings. The SMILES string of the molecule is C[C@H]1CCCN(Cc2cc(C(=O)O)nc3cn[nH]c23)C1. The van der Waals surface area contributed by atoms with Gasteiger partial charge in [0.1, 0.15) is 11.2 Å². The number of piperidine rings is 1. The monoisotopic (exact) mass is 274 g/mol. The van der Waals surface area contributed by atoms with Crippen molar-refractivity contribution in [1.29, 1.82) is 0 Å². The number of pyridine rings is 1. The third kappa shape index (κ3) is 2.51. The van der Waals surface area contributed by atoms with Crippen LogP contribution in [0.1, 0.15) is 35.8 Å². The van der Waals surface area contributed by atoms with Gasteiger partial charge in [-0.25, -0.2) is 9.78 Å². The number of nitrogens with one attached hydrogen (secondary N) is 1. The fourth-order valence-corrected chi connectivity index (χ4v) is 2.91. The standard InChI is InChI=1S/C14H18N4O2/c1-9-3-2-4-18(7-9)8-10-5-11(14(19)20)16-12-6-15-17-13(10)12/h5-6,9H,2-4,7-8H2,1H3,(H,15,17)(H,19,20)/t9-/m0/s1. The molecule has 1 aliphatic heterocycles. The summed E-state index contributed by atoms with van der Waals surface area (Å²) in [6.45, 7) is 5.12. The van der Waals surface area contributed by atoms with Crippen LogP contribution in [0.5, 0.6) is 0 Å². The van der Waals surface area contributed by atoms with Crippen LogP contribution in [0.2, 0.25) is 0 Å². The van der Waals surface area contributed by atoms with Gasteiger partial charge in [0.15, 0.2) is 0 Å². The summed E-state index contributed by atoms with van der Waals surface area (Å²) in [6, 6.07) is 1.65. The molecule has 106 valence electrons. The number of rotatable bonds is 3. The lowest BCUT2D eigenvalue weighted by Gasteiger charge is -2.30. The first-order chi connectivity index (χ1) is 9.63. The summed E-state index contributed by atoms with van der Waals surface area (Å²) in [5.41, 5.74) is 2.50. The lowest BCUT2D eigenvalue weighted by atomic mass is 9.99. The highest BCUT2D eigenvalue weighted by atomic mass is 16.4. The van der Waals surface area contributed by atoms with Crippen LogP contribution in [0.4, 0.5) is 0 Å². The Balaban J connectivity index is 1.93. The molecular formula is C14H18N4O2. The molecule has 1 atom stereocenters. The first-order valence-corrected chi connectivity index (χ1v) is 6.92. The molecule has 6 nitrogen and oxygen atoms in total. The van der Waals surface area contributed by atoms with Crippen molar-refractivity contribution in [2.24, 2.45) is 5.92 Å². The molecule has 1 saturated heterocycles. The molecule has 2 aromatic heterocycles. The Hall–Kier alpha value is -1.95. The first-order valence-electron chi connectivity index (χ1n) is 6.92. The molecule has 0 radical (unpaired) electrons. The molecule has 0 saturated carbocycles. The van der Waals surface area contributed by atoms with E-state index in [0.717, 1.165) is 30.7 Å². The summed E-state index contributed by atoms with van der Waals surface area (Å²) < 4.78 is 0. The molecule has 2 aromatic rings. The minimum absolute atomic E-state index is 0.0824. The minimum atomic E-state index is -0.999. The van der Waals surface area contributed by atoms with Crippen molar-refractivity contribution < 1.29 is 9.90 Å². The second-order valence-corrected chi connectivity index (χ2v) is 5.58. The quantitative estimate of drug-likeness (QED) is 0.893. The maximum atomic E-state index is 11.2. The predicted octanol–water partition coefficient (Wildman–Crippen LogP) is 1.89. The lowest BCUT2D eigenvalue weighted by molar-refractivity contribution is 0.0690. The fraction of sp³-hybridized carbons (Fsp3) is 0.500. The summed E-state index contributed by atoms with van der Waals surface area (Å²) in [4.78, 5) is 17.6. The maximum Gasteiger partial charge on any atom is 0.354 e. The number of aromatic nitrogens is 3. The second kappa shape index (κ2) is 5.20. The minimum Gasteiger partial charge on any atom is -0.477 e. The van der Waals surface area contributed by atoms with Crippen molar-refractivity contribution in [3.63, 3.8) is 0 Å². The van der Waals surface area contributed by atoms with Gasteiger partial charge in [-0.2, -0.15) is 5.10 Å². The van der Waals surface area contributed by atoms with Gasteiger partial charge in [-0.3, -0.25) is 10.00 Å². The Morgan fingerprint density at radius 1 is 1.60 bits per heavy atom. The molecule has 0 spiro atoms. The van der Waals surface area contributed by atoms with Gasteiger partial charge in [0, 0.05) is 13.1 Å². The van der Waals surface area contributed by atoms with Gasteiger partial charge >= 0.3 is 5.97 Å². The van der Waals surface area contributed by atoms with Gasteiger partial charge in [0.05, 0.1) is 11.7 Å². The van der Waals surface area contributed by atoms with Crippen molar-refractivity contribution in [3.8, 4) is 0 Å². The van der Waals surface area contributed by atoms with Crippen molar-refractivity contribution in [1.82, 2.24) is 20.1 Å². The van der Waals surface area contributed by atoms with Crippen LogP contribution in [0.15, 0.2) is 12.3 Å². The fourth-order valence-electron chi connectivity index (χ4n) is 2.91. The highest BCUT2D eigenvalue weighted by Gasteiger charge is 2.19. The molecule has 3 heterocycles. The van der Waals surface area contributed by atoms with Crippen LogP contribution in [-0.2, 0) is 6.54 Å². The van der Waals surface area contributed by atoms with Gasteiger partial charge in [-0.05, 0) is 36.9 Å². The topological polar surface area (TPSA) is 82.1 Å². The summed E-state index contributed by atoms with van der Waals surface area (Å²) in [5.74, 6) is -0.303. The van der Waals surface area contributed by atoms with E-state index in [4.69, 9.17) is 5.11 Å². The Kier molecular flexibility index (Phi) is 3.40. The van der Waals surface area contributed by atoms with Crippen molar-refractivity contribution in [3.05, 3.63) is 23.5 Å². The largest absolute Gasteiger partial charge is 0.477 e. The zero-order valence-electron chi connectivity index (χ0n) is 11.5. The highest BCUT2D eigenvalue weighted by molar-refractivity contribution is 5.90. The second-order valence-electron chi connectivity index (χ2n) is 5.58. The van der Waals surface area contributed by atoms with Crippen LogP contribution >= 0.6 is 0 Å². The van der Waals surface area contributed by atoms with E-state index in [1.165, 1.54) is 12.8 Å². The Labute approximate surface area is 116 Å². The zero-order chi connectivity index (χ0) is 14.1. The zero-order valence-corrected chi connectivity index (χ0v) is 11.5. The van der Waals surface area contributed by atoms with E-state index in [2.05, 4.69) is 27.0 Å². The summed E-state index contributed by atoms with van der Waals surface area (Å²) in [5, 5.41) is 16.0. The van der Waals surface area contributed by atoms with E-state index in [0.29, 0.717) is 11.4 Å². The highest BCUT2D eigenvalue weighted by Crippen LogP contribution is 2.21. The van der Waals surface area contributed by atoms with E-state index in [9.17, 15) is 4.79 Å². The lowest BCUT2D eigenvalue weighted by Crippen LogP contribution is -2.33. The number of carboxylic acids is 1. The van der Waals surface area contributed by atoms with Crippen LogP contribution < -0.4 is 0 Å². The van der Waals surface area contributed by atoms with E-state index in [-0.39, 0.29) is 5.69 Å². The Morgan fingerprint density at radius 3 is 3.20 bits per heavy atom. The Morgan fingerprint density at radius 2 is 2.45 bits per heavy atom. The number of carbonyl (C=O) groups is 1. The number of H-pyrrole nitrogens is 1. The number of carboxylic acid groups (broad SMARTS) is 1. The van der Waals surface area contributed by atoms with Gasteiger partial charge in [-0.1, -0.05) is 6.92 Å². The number of aromatic carboxylic acids is 1. The van der Waals surface area contributed by atoms with Crippen LogP contribution in [-0.4, -0.2) is 44.2 Å². The number of hydrogen-bond donors (Lipinski definition) is 2. The molecule has 0 bridgehead atoms. The molecule has 0 unspecified atom stereocenters. The smallest absolute Gasteiger partial charge is 0.354 e. The van der Waals surface area contributed by atoms with E-state index in [1.54, 1.807) is 12.3 Å². The summed E-state index contributed by atoms with van der Waals surface area (Å²) in [7, 11) is 0. The number of likely N-dealkylation sites (tertiary alicyclic amines) is 1. The summed E-state index contributed by atoms with van der Waals surface area (Å²) >= 11 is 0. The van der Waals surface area contributed by atoms with Crippen molar-refractivity contribution >= 4 is 17.0 Å².